The van der Waals surface area contributed by atoms with E-state index in [0.717, 1.165) is 24.1 Å². The van der Waals surface area contributed by atoms with Gasteiger partial charge in [0.15, 0.2) is 0 Å². The van der Waals surface area contributed by atoms with E-state index >= 15 is 0 Å². The first-order chi connectivity index (χ1) is 11.1. The van der Waals surface area contributed by atoms with E-state index in [9.17, 15) is 4.79 Å². The van der Waals surface area contributed by atoms with Gasteiger partial charge in [0.1, 0.15) is 6.10 Å². The first-order valence-corrected chi connectivity index (χ1v) is 8.17. The molecule has 0 aliphatic carbocycles. The number of nitrogens with zero attached hydrogens (tertiary/aromatic N) is 1. The van der Waals surface area contributed by atoms with Gasteiger partial charge in [-0.15, -0.1) is 0 Å². The first kappa shape index (κ1) is 15.6. The second kappa shape index (κ2) is 6.86. The van der Waals surface area contributed by atoms with E-state index in [1.54, 1.807) is 0 Å². The highest BCUT2D eigenvalue weighted by Gasteiger charge is 2.23. The van der Waals surface area contributed by atoms with Crippen LogP contribution >= 0.6 is 0 Å². The summed E-state index contributed by atoms with van der Waals surface area (Å²) in [7, 11) is 0. The van der Waals surface area contributed by atoms with Crippen molar-refractivity contribution in [3.8, 4) is 0 Å². The number of carbonyl (C=O) groups excluding carboxylic acids is 1. The van der Waals surface area contributed by atoms with E-state index < -0.39 is 0 Å². The van der Waals surface area contributed by atoms with Crippen LogP contribution in [0.5, 0.6) is 0 Å². The van der Waals surface area contributed by atoms with Gasteiger partial charge in [-0.3, -0.25) is 4.79 Å². The molecule has 2 N–H and O–H groups in total. The van der Waals surface area contributed by atoms with Crippen LogP contribution in [0, 0.1) is 5.92 Å². The molecule has 0 saturated heterocycles. The molecule has 1 amide bonds. The molecule has 2 aromatic rings. The largest absolute Gasteiger partial charge is 0.390 e. The molecular weight excluding hydrogens is 290 g/mol. The predicted molar refractivity (Wildman–Crippen MR) is 91.4 cm³/mol. The third-order valence-electron chi connectivity index (χ3n) is 4.25. The number of aromatic nitrogens is 1. The summed E-state index contributed by atoms with van der Waals surface area (Å²) in [5.41, 5.74) is 3.36. The molecule has 2 heterocycles. The minimum Gasteiger partial charge on any atom is -0.390 e. The molecule has 23 heavy (non-hydrogen) atoms. The Hall–Kier alpha value is -2.30. The molecule has 0 bridgehead atoms. The van der Waals surface area contributed by atoms with Gasteiger partial charge in [-0.25, -0.2) is 0 Å². The van der Waals surface area contributed by atoms with E-state index in [4.69, 9.17) is 4.84 Å². The van der Waals surface area contributed by atoms with Gasteiger partial charge in [-0.1, -0.05) is 37.2 Å². The lowest BCUT2D eigenvalue weighted by molar-refractivity contribution is -0.121. The molecule has 0 saturated carbocycles. The smallest absolute Gasteiger partial charge is 0.220 e. The lowest BCUT2D eigenvalue weighted by Gasteiger charge is -2.10. The third kappa shape index (κ3) is 3.73. The summed E-state index contributed by atoms with van der Waals surface area (Å²) >= 11 is 0. The van der Waals surface area contributed by atoms with Crippen LogP contribution in [0.4, 0.5) is 0 Å². The predicted octanol–water partition coefficient (Wildman–Crippen LogP) is 3.02. The second-order valence-corrected chi connectivity index (χ2v) is 6.33. The normalized spacial score (nSPS) is 17.3. The molecule has 122 valence electrons. The number of benzene rings is 1. The molecule has 0 unspecified atom stereocenters. The molecule has 1 aliphatic rings. The van der Waals surface area contributed by atoms with E-state index in [2.05, 4.69) is 35.4 Å². The summed E-state index contributed by atoms with van der Waals surface area (Å²) in [6.07, 6.45) is 3.98. The topological polar surface area (TPSA) is 66.5 Å². The van der Waals surface area contributed by atoms with Crippen molar-refractivity contribution in [1.82, 2.24) is 10.3 Å². The Morgan fingerprint density at radius 3 is 3.04 bits per heavy atom. The van der Waals surface area contributed by atoms with E-state index in [1.807, 2.05) is 24.4 Å². The number of hydrogen-bond acceptors (Lipinski definition) is 3. The van der Waals surface area contributed by atoms with Gasteiger partial charge < -0.3 is 15.1 Å². The number of amides is 1. The van der Waals surface area contributed by atoms with Gasteiger partial charge in [0.2, 0.25) is 5.91 Å². The fourth-order valence-corrected chi connectivity index (χ4v) is 2.80. The van der Waals surface area contributed by atoms with Crippen molar-refractivity contribution in [1.29, 1.82) is 0 Å². The summed E-state index contributed by atoms with van der Waals surface area (Å²) in [4.78, 5) is 20.6. The number of hydrogen-bond donors (Lipinski definition) is 2. The van der Waals surface area contributed by atoms with Gasteiger partial charge in [0, 0.05) is 29.9 Å². The number of oxime groups is 1. The van der Waals surface area contributed by atoms with Crippen molar-refractivity contribution < 1.29 is 9.63 Å². The Morgan fingerprint density at radius 2 is 2.26 bits per heavy atom. The molecule has 3 rings (SSSR count). The van der Waals surface area contributed by atoms with Gasteiger partial charge in [0.25, 0.3) is 0 Å². The zero-order valence-electron chi connectivity index (χ0n) is 13.6. The fraction of sp³-hybridized carbons (Fsp3) is 0.444. The number of rotatable bonds is 6. The molecule has 1 aromatic heterocycles. The van der Waals surface area contributed by atoms with Crippen LogP contribution in [0.15, 0.2) is 35.6 Å². The Balaban J connectivity index is 1.44. The summed E-state index contributed by atoms with van der Waals surface area (Å²) in [6.45, 7) is 4.72. The van der Waals surface area contributed by atoms with E-state index in [1.165, 1.54) is 10.9 Å². The lowest BCUT2D eigenvalue weighted by atomic mass is 10.0. The van der Waals surface area contributed by atoms with Crippen molar-refractivity contribution in [2.24, 2.45) is 11.1 Å². The Bertz CT molecular complexity index is 718. The van der Waals surface area contributed by atoms with Crippen LogP contribution in [0.3, 0.4) is 0 Å². The summed E-state index contributed by atoms with van der Waals surface area (Å²) in [5, 5.41) is 8.21. The Morgan fingerprint density at radius 1 is 1.43 bits per heavy atom. The van der Waals surface area contributed by atoms with E-state index in [0.29, 0.717) is 18.9 Å². The van der Waals surface area contributed by atoms with Gasteiger partial charge in [0.05, 0.1) is 12.3 Å². The average Bonchev–Trinajstić information content (AvgIpc) is 3.18. The highest BCUT2D eigenvalue weighted by molar-refractivity contribution is 5.87. The third-order valence-corrected chi connectivity index (χ3v) is 4.25. The number of nitrogens with one attached hydrogen (secondary N) is 2. The van der Waals surface area contributed by atoms with Gasteiger partial charge in [-0.05, 0) is 24.0 Å². The minimum atomic E-state index is -0.0237. The van der Waals surface area contributed by atoms with Crippen LogP contribution in [0.25, 0.3) is 10.9 Å². The summed E-state index contributed by atoms with van der Waals surface area (Å²) in [5.74, 6) is 0.453. The molecule has 0 spiro atoms. The average molecular weight is 313 g/mol. The maximum atomic E-state index is 12.0. The second-order valence-electron chi connectivity index (χ2n) is 6.33. The maximum Gasteiger partial charge on any atom is 0.220 e. The van der Waals surface area contributed by atoms with Gasteiger partial charge in [-0.2, -0.15) is 0 Å². The van der Waals surface area contributed by atoms with Crippen LogP contribution in [0.2, 0.25) is 0 Å². The molecule has 5 nitrogen and oxygen atoms in total. The first-order valence-electron chi connectivity index (χ1n) is 8.17. The molecular formula is C18H23N3O2. The van der Waals surface area contributed by atoms with Crippen molar-refractivity contribution in [3.63, 3.8) is 0 Å². The number of fused-ring (bicyclic) bond motifs is 1. The molecule has 0 fully saturated rings. The molecule has 1 aliphatic heterocycles. The highest BCUT2D eigenvalue weighted by Crippen LogP contribution is 2.19. The van der Waals surface area contributed by atoms with Crippen LogP contribution < -0.4 is 5.32 Å². The monoisotopic (exact) mass is 313 g/mol. The Labute approximate surface area is 136 Å². The number of aryl methyl sites for hydroxylation is 1. The van der Waals surface area contributed by atoms with E-state index in [-0.39, 0.29) is 12.0 Å². The SMILES string of the molecule is CC(C)C1=NO[C@H](CNC(=O)CCc2c[nH]c3ccccc23)C1. The maximum absolute atomic E-state index is 12.0. The minimum absolute atomic E-state index is 0.0237. The number of para-hydroxylation sites is 1. The summed E-state index contributed by atoms with van der Waals surface area (Å²) < 4.78 is 0. The van der Waals surface area contributed by atoms with Crippen LogP contribution in [-0.2, 0) is 16.1 Å². The number of H-pyrrole nitrogens is 1. The van der Waals surface area contributed by atoms with Crippen LogP contribution in [0.1, 0.15) is 32.3 Å². The van der Waals surface area contributed by atoms with Crippen molar-refractivity contribution in [3.05, 3.63) is 36.0 Å². The summed E-state index contributed by atoms with van der Waals surface area (Å²) in [6, 6.07) is 8.15. The van der Waals surface area contributed by atoms with Crippen LogP contribution in [-0.4, -0.2) is 29.3 Å². The Kier molecular flexibility index (Phi) is 4.65. The van der Waals surface area contributed by atoms with Crippen molar-refractivity contribution >= 4 is 22.5 Å². The quantitative estimate of drug-likeness (QED) is 0.861. The standard InChI is InChI=1S/C18H23N3O2/c1-12(2)17-9-14(23-21-17)11-20-18(22)8-7-13-10-19-16-6-4-3-5-15(13)16/h3-6,10,12,14,19H,7-9,11H2,1-2H3,(H,20,22)/t14-/m0/s1. The van der Waals surface area contributed by atoms with Gasteiger partial charge >= 0.3 is 0 Å². The molecule has 1 aromatic carbocycles. The van der Waals surface area contributed by atoms with Crippen molar-refractivity contribution in [2.75, 3.05) is 6.54 Å². The number of aromatic amines is 1. The van der Waals surface area contributed by atoms with Crippen molar-refractivity contribution in [2.45, 2.75) is 39.2 Å². The lowest BCUT2D eigenvalue weighted by Crippen LogP contribution is -2.32. The molecule has 1 atom stereocenters. The zero-order chi connectivity index (χ0) is 16.2. The molecule has 0 radical (unpaired) electrons. The highest BCUT2D eigenvalue weighted by atomic mass is 16.6. The fourth-order valence-electron chi connectivity index (χ4n) is 2.80. The molecule has 5 heteroatoms. The number of carbonyl (C=O) groups is 1. The zero-order valence-corrected chi connectivity index (χ0v) is 13.6.